The number of ether oxygens (including phenoxy) is 1. The Labute approximate surface area is 153 Å². The van der Waals surface area contributed by atoms with Gasteiger partial charge in [-0.1, -0.05) is 29.9 Å². The summed E-state index contributed by atoms with van der Waals surface area (Å²) in [5, 5.41) is 1.08. The van der Waals surface area contributed by atoms with Gasteiger partial charge in [0.15, 0.2) is 0 Å². The Kier molecular flexibility index (Phi) is 5.13. The summed E-state index contributed by atoms with van der Waals surface area (Å²) in [5.74, 6) is 0. The number of aromatic nitrogens is 1. The lowest BCUT2D eigenvalue weighted by Crippen LogP contribution is -2.39. The Bertz CT molecular complexity index is 750. The SMILES string of the molecule is CC1=CC/C(c2nc3c(s2)CN(C(=O)OC(C)(C)C)CC3)=C\C=C/C1. The van der Waals surface area contributed by atoms with E-state index >= 15 is 0 Å². The average molecular weight is 359 g/mol. The van der Waals surface area contributed by atoms with Gasteiger partial charge in [0.2, 0.25) is 0 Å². The number of hydrogen-bond donors (Lipinski definition) is 0. The van der Waals surface area contributed by atoms with Gasteiger partial charge in [-0.3, -0.25) is 0 Å². The molecule has 134 valence electrons. The number of nitrogens with zero attached hydrogens (tertiary/aromatic N) is 2. The molecule has 2 heterocycles. The molecule has 1 aromatic heterocycles. The fourth-order valence-corrected chi connectivity index (χ4v) is 4.01. The molecule has 0 bridgehead atoms. The van der Waals surface area contributed by atoms with Gasteiger partial charge in [-0.05, 0) is 46.1 Å². The van der Waals surface area contributed by atoms with Crippen LogP contribution in [0.5, 0.6) is 0 Å². The molecule has 1 aliphatic carbocycles. The van der Waals surface area contributed by atoms with Crippen molar-refractivity contribution in [2.45, 2.75) is 59.1 Å². The Morgan fingerprint density at radius 2 is 2.12 bits per heavy atom. The van der Waals surface area contributed by atoms with Crippen LogP contribution in [0.3, 0.4) is 0 Å². The molecule has 0 radical (unpaired) electrons. The van der Waals surface area contributed by atoms with Crippen molar-refractivity contribution < 1.29 is 9.53 Å². The van der Waals surface area contributed by atoms with E-state index in [9.17, 15) is 4.79 Å². The first-order chi connectivity index (χ1) is 11.8. The highest BCUT2D eigenvalue weighted by Gasteiger charge is 2.28. The summed E-state index contributed by atoms with van der Waals surface area (Å²) in [4.78, 5) is 20.1. The van der Waals surface area contributed by atoms with Gasteiger partial charge in [0.05, 0.1) is 12.2 Å². The van der Waals surface area contributed by atoms with Crippen LogP contribution in [0.4, 0.5) is 4.79 Å². The van der Waals surface area contributed by atoms with Crippen LogP contribution in [-0.2, 0) is 17.7 Å². The maximum atomic E-state index is 12.3. The first-order valence-electron chi connectivity index (χ1n) is 8.80. The van der Waals surface area contributed by atoms with E-state index in [-0.39, 0.29) is 6.09 Å². The molecule has 25 heavy (non-hydrogen) atoms. The Hall–Kier alpha value is -1.88. The zero-order valence-electron chi connectivity index (χ0n) is 15.5. The summed E-state index contributed by atoms with van der Waals surface area (Å²) in [6, 6.07) is 0. The monoisotopic (exact) mass is 358 g/mol. The van der Waals surface area contributed by atoms with Gasteiger partial charge < -0.3 is 9.64 Å². The van der Waals surface area contributed by atoms with Crippen LogP contribution in [0, 0.1) is 0 Å². The minimum Gasteiger partial charge on any atom is -0.444 e. The average Bonchev–Trinajstić information content (AvgIpc) is 2.92. The highest BCUT2D eigenvalue weighted by atomic mass is 32.1. The molecular weight excluding hydrogens is 332 g/mol. The quantitative estimate of drug-likeness (QED) is 0.655. The minimum atomic E-state index is -0.462. The second-order valence-electron chi connectivity index (χ2n) is 7.62. The van der Waals surface area contributed by atoms with Crippen molar-refractivity contribution in [3.8, 4) is 0 Å². The zero-order valence-corrected chi connectivity index (χ0v) is 16.3. The summed E-state index contributed by atoms with van der Waals surface area (Å²) in [5.41, 5.74) is 3.31. The third-order valence-electron chi connectivity index (χ3n) is 4.20. The number of hydrogen-bond acceptors (Lipinski definition) is 4. The molecule has 0 saturated carbocycles. The Morgan fingerprint density at radius 1 is 1.32 bits per heavy atom. The molecule has 0 unspecified atom stereocenters. The molecule has 4 nitrogen and oxygen atoms in total. The van der Waals surface area contributed by atoms with Crippen LogP contribution in [-0.4, -0.2) is 28.1 Å². The van der Waals surface area contributed by atoms with Crippen LogP contribution in [0.2, 0.25) is 0 Å². The maximum absolute atomic E-state index is 12.3. The molecule has 1 aliphatic heterocycles. The predicted molar refractivity (Wildman–Crippen MR) is 103 cm³/mol. The van der Waals surface area contributed by atoms with Gasteiger partial charge in [0.25, 0.3) is 0 Å². The fraction of sp³-hybridized carbons (Fsp3) is 0.500. The number of carbonyl (C=O) groups is 1. The van der Waals surface area contributed by atoms with Gasteiger partial charge in [0, 0.05) is 17.8 Å². The van der Waals surface area contributed by atoms with Crippen molar-refractivity contribution >= 4 is 23.0 Å². The normalized spacial score (nSPS) is 21.4. The summed E-state index contributed by atoms with van der Waals surface area (Å²) >= 11 is 1.71. The minimum absolute atomic E-state index is 0.236. The standard InChI is InChI=1S/C20H26N2O2S/c1-14-7-5-6-8-15(10-9-14)18-21-16-11-12-22(13-17(16)25-18)19(23)24-20(2,3)4/h5-6,8-9H,7,10-13H2,1-4H3/b6-5-,14-9?,15-8+. The molecular formula is C20H26N2O2S. The molecule has 0 N–H and O–H groups in total. The number of amides is 1. The highest BCUT2D eigenvalue weighted by molar-refractivity contribution is 7.12. The molecule has 1 amide bonds. The number of thiazole rings is 1. The molecule has 1 aromatic rings. The lowest BCUT2D eigenvalue weighted by molar-refractivity contribution is 0.0225. The molecule has 0 aromatic carbocycles. The van der Waals surface area contributed by atoms with Crippen molar-refractivity contribution in [2.24, 2.45) is 0 Å². The van der Waals surface area contributed by atoms with E-state index in [4.69, 9.17) is 9.72 Å². The second kappa shape index (κ2) is 7.16. The molecule has 0 atom stereocenters. The fourth-order valence-electron chi connectivity index (χ4n) is 2.85. The Morgan fingerprint density at radius 3 is 2.88 bits per heavy atom. The van der Waals surface area contributed by atoms with Crippen LogP contribution in [0.25, 0.3) is 5.57 Å². The van der Waals surface area contributed by atoms with Gasteiger partial charge >= 0.3 is 6.09 Å². The van der Waals surface area contributed by atoms with Gasteiger partial charge in [-0.2, -0.15) is 0 Å². The van der Waals surface area contributed by atoms with E-state index in [2.05, 4.69) is 31.2 Å². The highest BCUT2D eigenvalue weighted by Crippen LogP contribution is 2.32. The van der Waals surface area contributed by atoms with Gasteiger partial charge in [-0.25, -0.2) is 9.78 Å². The topological polar surface area (TPSA) is 42.4 Å². The lowest BCUT2D eigenvalue weighted by Gasteiger charge is -2.29. The van der Waals surface area contributed by atoms with Crippen LogP contribution in [0.1, 0.15) is 56.1 Å². The number of carbonyl (C=O) groups excluding carboxylic acids is 1. The molecule has 5 heteroatoms. The zero-order chi connectivity index (χ0) is 18.0. The second-order valence-corrected chi connectivity index (χ2v) is 8.70. The summed E-state index contributed by atoms with van der Waals surface area (Å²) in [7, 11) is 0. The van der Waals surface area contributed by atoms with E-state index in [1.54, 1.807) is 16.2 Å². The maximum Gasteiger partial charge on any atom is 0.410 e. The molecule has 0 spiro atoms. The number of rotatable bonds is 1. The first kappa shape index (κ1) is 17.9. The van der Waals surface area contributed by atoms with E-state index < -0.39 is 5.60 Å². The molecule has 0 fully saturated rings. The smallest absolute Gasteiger partial charge is 0.410 e. The van der Waals surface area contributed by atoms with Crippen molar-refractivity contribution in [2.75, 3.05) is 6.54 Å². The van der Waals surface area contributed by atoms with Crippen molar-refractivity contribution in [1.29, 1.82) is 0 Å². The van der Waals surface area contributed by atoms with Crippen molar-refractivity contribution in [1.82, 2.24) is 9.88 Å². The van der Waals surface area contributed by atoms with E-state index in [1.165, 1.54) is 16.0 Å². The van der Waals surface area contributed by atoms with Crippen molar-refractivity contribution in [3.63, 3.8) is 0 Å². The summed E-state index contributed by atoms with van der Waals surface area (Å²) in [6.07, 6.45) is 11.2. The first-order valence-corrected chi connectivity index (χ1v) is 9.62. The summed E-state index contributed by atoms with van der Waals surface area (Å²) in [6.45, 7) is 9.13. The molecule has 2 aliphatic rings. The molecule has 3 rings (SSSR count). The largest absolute Gasteiger partial charge is 0.444 e. The van der Waals surface area contributed by atoms with Crippen LogP contribution < -0.4 is 0 Å². The summed E-state index contributed by atoms with van der Waals surface area (Å²) < 4.78 is 5.50. The van der Waals surface area contributed by atoms with Crippen LogP contribution >= 0.6 is 11.3 Å². The van der Waals surface area contributed by atoms with E-state index in [1.807, 2.05) is 20.8 Å². The number of fused-ring (bicyclic) bond motifs is 1. The molecule has 0 saturated heterocycles. The van der Waals surface area contributed by atoms with Crippen LogP contribution in [0.15, 0.2) is 29.9 Å². The van der Waals surface area contributed by atoms with E-state index in [0.717, 1.165) is 30.0 Å². The predicted octanol–water partition coefficient (Wildman–Crippen LogP) is 5.12. The van der Waals surface area contributed by atoms with E-state index in [0.29, 0.717) is 13.1 Å². The lowest BCUT2D eigenvalue weighted by atomic mass is 10.1. The number of allylic oxidation sites excluding steroid dienone is 6. The van der Waals surface area contributed by atoms with Gasteiger partial charge in [-0.15, -0.1) is 11.3 Å². The van der Waals surface area contributed by atoms with Gasteiger partial charge in [0.1, 0.15) is 10.6 Å². The third kappa shape index (κ3) is 4.60. The van der Waals surface area contributed by atoms with Crippen molar-refractivity contribution in [3.05, 3.63) is 45.5 Å². The third-order valence-corrected chi connectivity index (χ3v) is 5.36. The Balaban J connectivity index is 1.76.